The summed E-state index contributed by atoms with van der Waals surface area (Å²) < 4.78 is 5.83. The van der Waals surface area contributed by atoms with Crippen LogP contribution >= 0.6 is 11.6 Å². The Bertz CT molecular complexity index is 945. The highest BCUT2D eigenvalue weighted by Gasteiger charge is 2.20. The first-order chi connectivity index (χ1) is 14.2. The highest BCUT2D eigenvalue weighted by Crippen LogP contribution is 2.29. The van der Waals surface area contributed by atoms with Gasteiger partial charge in [-0.15, -0.1) is 0 Å². The van der Waals surface area contributed by atoms with Gasteiger partial charge in [0, 0.05) is 18.8 Å². The van der Waals surface area contributed by atoms with Gasteiger partial charge >= 0.3 is 0 Å². The van der Waals surface area contributed by atoms with Crippen molar-refractivity contribution in [2.24, 2.45) is 0 Å². The average molecular weight is 430 g/mol. The van der Waals surface area contributed by atoms with E-state index in [2.05, 4.69) is 24.5 Å². The van der Waals surface area contributed by atoms with Gasteiger partial charge in [0.2, 0.25) is 5.91 Å². The SMILES string of the molecule is Cc1cc(OC(C)C(=O)Nc2ccc(N3CCNC(=O)C3)c(Cl)c2)ccc1C(C)C. The van der Waals surface area contributed by atoms with E-state index in [1.165, 1.54) is 5.56 Å². The van der Waals surface area contributed by atoms with E-state index in [1.54, 1.807) is 19.1 Å². The molecule has 1 saturated heterocycles. The van der Waals surface area contributed by atoms with Gasteiger partial charge in [0.15, 0.2) is 6.10 Å². The van der Waals surface area contributed by atoms with Crippen molar-refractivity contribution >= 4 is 34.8 Å². The molecular weight excluding hydrogens is 402 g/mol. The van der Waals surface area contributed by atoms with Crippen LogP contribution in [0.5, 0.6) is 5.75 Å². The molecule has 2 amide bonds. The Morgan fingerprint density at radius 3 is 2.60 bits per heavy atom. The maximum absolute atomic E-state index is 12.6. The minimum Gasteiger partial charge on any atom is -0.481 e. The molecule has 1 unspecified atom stereocenters. The Morgan fingerprint density at radius 1 is 1.20 bits per heavy atom. The van der Waals surface area contributed by atoms with Crippen molar-refractivity contribution in [3.05, 3.63) is 52.5 Å². The quantitative estimate of drug-likeness (QED) is 0.724. The third-order valence-corrected chi connectivity index (χ3v) is 5.44. The number of aryl methyl sites for hydroxylation is 1. The molecule has 7 heteroatoms. The number of benzene rings is 2. The van der Waals surface area contributed by atoms with Gasteiger partial charge < -0.3 is 20.3 Å². The zero-order chi connectivity index (χ0) is 21.8. The number of anilines is 2. The highest BCUT2D eigenvalue weighted by atomic mass is 35.5. The molecule has 0 aliphatic carbocycles. The summed E-state index contributed by atoms with van der Waals surface area (Å²) in [5.41, 5.74) is 3.76. The maximum atomic E-state index is 12.6. The third-order valence-electron chi connectivity index (χ3n) is 5.14. The molecule has 2 aromatic rings. The first kappa shape index (κ1) is 22.0. The van der Waals surface area contributed by atoms with Crippen LogP contribution in [0.4, 0.5) is 11.4 Å². The summed E-state index contributed by atoms with van der Waals surface area (Å²) in [6, 6.07) is 11.2. The number of hydrogen-bond donors (Lipinski definition) is 2. The lowest BCUT2D eigenvalue weighted by molar-refractivity contribution is -0.122. The van der Waals surface area contributed by atoms with Crippen LogP contribution in [0.15, 0.2) is 36.4 Å². The van der Waals surface area contributed by atoms with E-state index in [0.717, 1.165) is 11.3 Å². The van der Waals surface area contributed by atoms with Crippen molar-refractivity contribution in [2.45, 2.75) is 39.7 Å². The summed E-state index contributed by atoms with van der Waals surface area (Å²) in [6.45, 7) is 9.60. The molecule has 30 heavy (non-hydrogen) atoms. The molecule has 1 aliphatic rings. The molecule has 2 N–H and O–H groups in total. The van der Waals surface area contributed by atoms with E-state index >= 15 is 0 Å². The minimum absolute atomic E-state index is 0.0302. The fraction of sp³-hybridized carbons (Fsp3) is 0.391. The lowest BCUT2D eigenvalue weighted by atomic mass is 9.98. The molecule has 0 radical (unpaired) electrons. The minimum atomic E-state index is -0.668. The lowest BCUT2D eigenvalue weighted by Crippen LogP contribution is -2.47. The average Bonchev–Trinajstić information content (AvgIpc) is 2.67. The summed E-state index contributed by atoms with van der Waals surface area (Å²) >= 11 is 6.41. The number of carbonyl (C=O) groups excluding carboxylic acids is 2. The predicted octanol–water partition coefficient (Wildman–Crippen LogP) is 4.11. The highest BCUT2D eigenvalue weighted by molar-refractivity contribution is 6.33. The van der Waals surface area contributed by atoms with Crippen LogP contribution in [0.3, 0.4) is 0 Å². The van der Waals surface area contributed by atoms with Crippen LogP contribution in [0.2, 0.25) is 5.02 Å². The standard InChI is InChI=1S/C23H28ClN3O3/c1-14(2)19-7-6-18(11-15(19)3)30-16(4)23(29)26-17-5-8-21(20(24)12-17)27-10-9-25-22(28)13-27/h5-8,11-12,14,16H,9-10,13H2,1-4H3,(H,25,28)(H,26,29). The number of rotatable bonds is 6. The molecule has 3 rings (SSSR count). The molecule has 1 heterocycles. The Hall–Kier alpha value is -2.73. The Balaban J connectivity index is 1.63. The Kier molecular flexibility index (Phi) is 6.87. The number of nitrogens with zero attached hydrogens (tertiary/aromatic N) is 1. The van der Waals surface area contributed by atoms with Crippen LogP contribution in [0.25, 0.3) is 0 Å². The monoisotopic (exact) mass is 429 g/mol. The van der Waals surface area contributed by atoms with Gasteiger partial charge in [-0.2, -0.15) is 0 Å². The maximum Gasteiger partial charge on any atom is 0.265 e. The van der Waals surface area contributed by atoms with E-state index in [1.807, 2.05) is 36.1 Å². The smallest absolute Gasteiger partial charge is 0.265 e. The number of carbonyl (C=O) groups is 2. The number of hydrogen-bond acceptors (Lipinski definition) is 4. The van der Waals surface area contributed by atoms with Crippen LogP contribution in [0, 0.1) is 6.92 Å². The van der Waals surface area contributed by atoms with E-state index in [4.69, 9.17) is 16.3 Å². The number of halogens is 1. The first-order valence-corrected chi connectivity index (χ1v) is 10.5. The fourth-order valence-electron chi connectivity index (χ4n) is 3.56. The van der Waals surface area contributed by atoms with Gasteiger partial charge in [-0.1, -0.05) is 31.5 Å². The molecule has 1 aliphatic heterocycles. The molecule has 0 spiro atoms. The van der Waals surface area contributed by atoms with Crippen molar-refractivity contribution in [1.29, 1.82) is 0 Å². The van der Waals surface area contributed by atoms with Crippen molar-refractivity contribution in [3.63, 3.8) is 0 Å². The zero-order valence-corrected chi connectivity index (χ0v) is 18.5. The second-order valence-corrected chi connectivity index (χ2v) is 8.27. The van der Waals surface area contributed by atoms with Crippen LogP contribution in [-0.2, 0) is 9.59 Å². The van der Waals surface area contributed by atoms with Crippen molar-refractivity contribution in [3.8, 4) is 5.75 Å². The molecule has 2 aromatic carbocycles. The van der Waals surface area contributed by atoms with E-state index < -0.39 is 6.10 Å². The largest absolute Gasteiger partial charge is 0.481 e. The summed E-state index contributed by atoms with van der Waals surface area (Å²) in [4.78, 5) is 26.1. The van der Waals surface area contributed by atoms with E-state index in [9.17, 15) is 9.59 Å². The number of piperazine rings is 1. The summed E-state index contributed by atoms with van der Waals surface area (Å²) in [7, 11) is 0. The first-order valence-electron chi connectivity index (χ1n) is 10.1. The number of amides is 2. The molecule has 0 aromatic heterocycles. The molecule has 0 bridgehead atoms. The van der Waals surface area contributed by atoms with Gasteiger partial charge in [0.1, 0.15) is 5.75 Å². The fourth-order valence-corrected chi connectivity index (χ4v) is 3.86. The van der Waals surface area contributed by atoms with Gasteiger partial charge in [-0.25, -0.2) is 0 Å². The molecule has 1 atom stereocenters. The number of nitrogens with one attached hydrogen (secondary N) is 2. The van der Waals surface area contributed by atoms with Crippen LogP contribution < -0.4 is 20.3 Å². The molecular formula is C23H28ClN3O3. The van der Waals surface area contributed by atoms with E-state index in [0.29, 0.717) is 35.5 Å². The van der Waals surface area contributed by atoms with Gasteiger partial charge in [-0.3, -0.25) is 9.59 Å². The Labute approximate surface area is 182 Å². The predicted molar refractivity (Wildman–Crippen MR) is 121 cm³/mol. The molecule has 0 saturated carbocycles. The molecule has 160 valence electrons. The number of ether oxygens (including phenoxy) is 1. The van der Waals surface area contributed by atoms with Crippen molar-refractivity contribution in [2.75, 3.05) is 29.9 Å². The van der Waals surface area contributed by atoms with Crippen molar-refractivity contribution in [1.82, 2.24) is 5.32 Å². The molecule has 1 fully saturated rings. The second kappa shape index (κ2) is 9.39. The van der Waals surface area contributed by atoms with Crippen LogP contribution in [-0.4, -0.2) is 37.6 Å². The normalized spacial score (nSPS) is 15.0. The van der Waals surface area contributed by atoms with Gasteiger partial charge in [0.05, 0.1) is 17.3 Å². The van der Waals surface area contributed by atoms with Crippen LogP contribution in [0.1, 0.15) is 37.8 Å². The molecule has 6 nitrogen and oxygen atoms in total. The zero-order valence-electron chi connectivity index (χ0n) is 17.8. The second-order valence-electron chi connectivity index (χ2n) is 7.86. The summed E-state index contributed by atoms with van der Waals surface area (Å²) in [5.74, 6) is 0.808. The summed E-state index contributed by atoms with van der Waals surface area (Å²) in [6.07, 6.45) is -0.668. The topological polar surface area (TPSA) is 70.7 Å². The third kappa shape index (κ3) is 5.25. The summed E-state index contributed by atoms with van der Waals surface area (Å²) in [5, 5.41) is 6.11. The van der Waals surface area contributed by atoms with Gasteiger partial charge in [-0.05, 0) is 61.2 Å². The Morgan fingerprint density at radius 2 is 1.97 bits per heavy atom. The van der Waals surface area contributed by atoms with Crippen molar-refractivity contribution < 1.29 is 14.3 Å². The van der Waals surface area contributed by atoms with E-state index in [-0.39, 0.29) is 18.4 Å². The van der Waals surface area contributed by atoms with Gasteiger partial charge in [0.25, 0.3) is 5.91 Å². The lowest BCUT2D eigenvalue weighted by Gasteiger charge is -2.29.